The lowest BCUT2D eigenvalue weighted by molar-refractivity contribution is 0.0183. The van der Waals surface area contributed by atoms with E-state index in [0.29, 0.717) is 29.5 Å². The molecule has 1 aliphatic rings. The highest BCUT2D eigenvalue weighted by molar-refractivity contribution is 7.89. The molecule has 2 atom stereocenters. The van der Waals surface area contributed by atoms with Crippen molar-refractivity contribution in [1.82, 2.24) is 4.31 Å². The van der Waals surface area contributed by atoms with E-state index in [1.54, 1.807) is 31.4 Å². The molecule has 2 rings (SSSR count). The maximum Gasteiger partial charge on any atom is 0.243 e. The van der Waals surface area contributed by atoms with E-state index in [4.69, 9.17) is 16.3 Å². The van der Waals surface area contributed by atoms with Crippen molar-refractivity contribution < 1.29 is 13.2 Å². The van der Waals surface area contributed by atoms with Gasteiger partial charge in [-0.25, -0.2) is 8.42 Å². The lowest BCUT2D eigenvalue weighted by Crippen LogP contribution is -2.46. The number of hydrogen-bond acceptors (Lipinski definition) is 3. The molecule has 112 valence electrons. The first-order valence-corrected chi connectivity index (χ1v) is 8.65. The molecular weight excluding hydrogens is 298 g/mol. The van der Waals surface area contributed by atoms with Gasteiger partial charge in [0, 0.05) is 26.1 Å². The number of benzene rings is 1. The molecule has 1 saturated heterocycles. The Morgan fingerprint density at radius 2 is 2.10 bits per heavy atom. The zero-order chi connectivity index (χ0) is 14.8. The van der Waals surface area contributed by atoms with Crippen LogP contribution in [0.1, 0.15) is 18.9 Å². The third-order valence-electron chi connectivity index (χ3n) is 3.89. The van der Waals surface area contributed by atoms with Gasteiger partial charge < -0.3 is 4.74 Å². The number of ether oxygens (including phenoxy) is 1. The van der Waals surface area contributed by atoms with Gasteiger partial charge >= 0.3 is 0 Å². The SMILES string of the molecule is COC1CN(S(=O)(=O)c2ccccc2CCl)CCC1C. The largest absolute Gasteiger partial charge is 0.380 e. The Balaban J connectivity index is 2.31. The summed E-state index contributed by atoms with van der Waals surface area (Å²) >= 11 is 5.85. The molecule has 20 heavy (non-hydrogen) atoms. The van der Waals surface area contributed by atoms with E-state index in [9.17, 15) is 8.42 Å². The predicted molar refractivity (Wildman–Crippen MR) is 79.3 cm³/mol. The molecule has 0 aromatic heterocycles. The van der Waals surface area contributed by atoms with E-state index < -0.39 is 10.0 Å². The van der Waals surface area contributed by atoms with Crippen molar-refractivity contribution in [1.29, 1.82) is 0 Å². The Morgan fingerprint density at radius 3 is 2.75 bits per heavy atom. The quantitative estimate of drug-likeness (QED) is 0.801. The van der Waals surface area contributed by atoms with Crippen LogP contribution in [0.4, 0.5) is 0 Å². The first-order valence-electron chi connectivity index (χ1n) is 6.67. The Labute approximate surface area is 125 Å². The zero-order valence-corrected chi connectivity index (χ0v) is 13.3. The number of halogens is 1. The molecule has 0 amide bonds. The number of piperidine rings is 1. The topological polar surface area (TPSA) is 46.6 Å². The van der Waals surface area contributed by atoms with E-state index >= 15 is 0 Å². The smallest absolute Gasteiger partial charge is 0.243 e. The van der Waals surface area contributed by atoms with Crippen LogP contribution in [0.15, 0.2) is 29.2 Å². The summed E-state index contributed by atoms with van der Waals surface area (Å²) in [6, 6.07) is 6.89. The number of sulfonamides is 1. The lowest BCUT2D eigenvalue weighted by atomic mass is 9.97. The van der Waals surface area contributed by atoms with Gasteiger partial charge in [0.15, 0.2) is 0 Å². The normalized spacial score (nSPS) is 24.8. The van der Waals surface area contributed by atoms with Gasteiger partial charge in [0.2, 0.25) is 10.0 Å². The van der Waals surface area contributed by atoms with Crippen LogP contribution in [0.3, 0.4) is 0 Å². The van der Waals surface area contributed by atoms with E-state index in [0.717, 1.165) is 6.42 Å². The molecule has 0 aliphatic carbocycles. The van der Waals surface area contributed by atoms with Crippen molar-refractivity contribution in [3.8, 4) is 0 Å². The Kier molecular flexibility index (Phi) is 5.07. The highest BCUT2D eigenvalue weighted by Crippen LogP contribution is 2.27. The standard InChI is InChI=1S/C14H20ClNO3S/c1-11-7-8-16(10-13(11)19-2)20(17,18)14-6-4-3-5-12(14)9-15/h3-6,11,13H,7-10H2,1-2H3. The average Bonchev–Trinajstić information content (AvgIpc) is 2.47. The molecule has 1 aliphatic heterocycles. The second kappa shape index (κ2) is 6.43. The highest BCUT2D eigenvalue weighted by Gasteiger charge is 2.34. The summed E-state index contributed by atoms with van der Waals surface area (Å²) in [6.07, 6.45) is 0.752. The van der Waals surface area contributed by atoms with Gasteiger partial charge in [-0.15, -0.1) is 11.6 Å². The van der Waals surface area contributed by atoms with Crippen molar-refractivity contribution in [2.45, 2.75) is 30.2 Å². The molecule has 0 N–H and O–H groups in total. The summed E-state index contributed by atoms with van der Waals surface area (Å²) in [4.78, 5) is 0.305. The molecule has 4 nitrogen and oxygen atoms in total. The second-order valence-corrected chi connectivity index (χ2v) is 7.32. The molecule has 1 fully saturated rings. The van der Waals surface area contributed by atoms with Gasteiger partial charge in [0.05, 0.1) is 11.0 Å². The minimum absolute atomic E-state index is 0.0540. The van der Waals surface area contributed by atoms with Crippen LogP contribution in [0.25, 0.3) is 0 Å². The van der Waals surface area contributed by atoms with Crippen molar-refractivity contribution in [3.63, 3.8) is 0 Å². The fraction of sp³-hybridized carbons (Fsp3) is 0.571. The van der Waals surface area contributed by atoms with Crippen LogP contribution in [-0.2, 0) is 20.6 Å². The molecule has 2 unspecified atom stereocenters. The molecule has 0 radical (unpaired) electrons. The molecule has 6 heteroatoms. The van der Waals surface area contributed by atoms with Gasteiger partial charge in [0.25, 0.3) is 0 Å². The first-order chi connectivity index (χ1) is 9.50. The average molecular weight is 318 g/mol. The minimum atomic E-state index is -3.50. The fourth-order valence-electron chi connectivity index (χ4n) is 2.54. The van der Waals surface area contributed by atoms with Gasteiger partial charge in [-0.3, -0.25) is 0 Å². The fourth-order valence-corrected chi connectivity index (χ4v) is 4.54. The van der Waals surface area contributed by atoms with Crippen LogP contribution in [0, 0.1) is 5.92 Å². The molecule has 1 aromatic rings. The van der Waals surface area contributed by atoms with E-state index in [1.165, 1.54) is 4.31 Å². The van der Waals surface area contributed by atoms with Crippen molar-refractivity contribution in [3.05, 3.63) is 29.8 Å². The minimum Gasteiger partial charge on any atom is -0.380 e. The van der Waals surface area contributed by atoms with Crippen LogP contribution in [0.2, 0.25) is 0 Å². The number of rotatable bonds is 4. The maximum absolute atomic E-state index is 12.7. The number of nitrogens with zero attached hydrogens (tertiary/aromatic N) is 1. The monoisotopic (exact) mass is 317 g/mol. The van der Waals surface area contributed by atoms with Crippen LogP contribution in [-0.4, -0.2) is 39.0 Å². The Morgan fingerprint density at radius 1 is 1.40 bits per heavy atom. The molecule has 0 bridgehead atoms. The summed E-state index contributed by atoms with van der Waals surface area (Å²) in [5, 5.41) is 0. The van der Waals surface area contributed by atoms with Crippen molar-refractivity contribution in [2.75, 3.05) is 20.2 Å². The van der Waals surface area contributed by atoms with Gasteiger partial charge in [-0.05, 0) is 24.0 Å². The predicted octanol–water partition coefficient (Wildman–Crippen LogP) is 2.47. The first kappa shape index (κ1) is 15.8. The number of methoxy groups -OCH3 is 1. The van der Waals surface area contributed by atoms with Gasteiger partial charge in [0.1, 0.15) is 0 Å². The molecule has 0 saturated carbocycles. The van der Waals surface area contributed by atoms with Gasteiger partial charge in [-0.1, -0.05) is 25.1 Å². The number of hydrogen-bond donors (Lipinski definition) is 0. The lowest BCUT2D eigenvalue weighted by Gasteiger charge is -2.35. The van der Waals surface area contributed by atoms with Crippen molar-refractivity contribution >= 4 is 21.6 Å². The van der Waals surface area contributed by atoms with Crippen LogP contribution in [0.5, 0.6) is 0 Å². The summed E-state index contributed by atoms with van der Waals surface area (Å²) in [5.74, 6) is 0.558. The Bertz CT molecular complexity index is 561. The molecule has 1 aromatic carbocycles. The third kappa shape index (κ3) is 3.01. The molecular formula is C14H20ClNO3S. The summed E-state index contributed by atoms with van der Waals surface area (Å²) in [7, 11) is -1.87. The van der Waals surface area contributed by atoms with E-state index in [-0.39, 0.29) is 12.0 Å². The van der Waals surface area contributed by atoms with E-state index in [2.05, 4.69) is 6.92 Å². The van der Waals surface area contributed by atoms with Crippen LogP contribution < -0.4 is 0 Å². The summed E-state index contributed by atoms with van der Waals surface area (Å²) < 4.78 is 32.4. The maximum atomic E-state index is 12.7. The summed E-state index contributed by atoms with van der Waals surface area (Å²) in [6.45, 7) is 3.02. The van der Waals surface area contributed by atoms with Gasteiger partial charge in [-0.2, -0.15) is 4.31 Å². The molecule has 1 heterocycles. The number of alkyl halides is 1. The zero-order valence-electron chi connectivity index (χ0n) is 11.8. The second-order valence-electron chi connectivity index (χ2n) is 5.14. The Hall–Kier alpha value is -0.620. The van der Waals surface area contributed by atoms with Crippen molar-refractivity contribution in [2.24, 2.45) is 5.92 Å². The van der Waals surface area contributed by atoms with E-state index in [1.807, 2.05) is 0 Å². The highest BCUT2D eigenvalue weighted by atomic mass is 35.5. The third-order valence-corrected chi connectivity index (χ3v) is 6.14. The summed E-state index contributed by atoms with van der Waals surface area (Å²) in [5.41, 5.74) is 0.641. The molecule has 0 spiro atoms. The van der Waals surface area contributed by atoms with Crippen LogP contribution >= 0.6 is 11.6 Å².